The van der Waals surface area contributed by atoms with Crippen LogP contribution in [0.15, 0.2) is 115 Å². The van der Waals surface area contributed by atoms with Gasteiger partial charge >= 0.3 is 6.03 Å². The van der Waals surface area contributed by atoms with Crippen LogP contribution in [0.4, 0.5) is 9.18 Å². The van der Waals surface area contributed by atoms with Crippen molar-refractivity contribution < 1.29 is 18.8 Å². The number of hydrogen-bond donors (Lipinski definition) is 1. The average Bonchev–Trinajstić information content (AvgIpc) is 3.02. The van der Waals surface area contributed by atoms with Crippen molar-refractivity contribution in [3.8, 4) is 0 Å². The van der Waals surface area contributed by atoms with Gasteiger partial charge in [-0.3, -0.25) is 9.59 Å². The molecule has 2 aliphatic heterocycles. The minimum atomic E-state index is -0.940. The Kier molecular flexibility index (Phi) is 8.15. The second-order valence-electron chi connectivity index (χ2n) is 10.7. The molecule has 4 aromatic carbocycles. The predicted octanol–water partition coefficient (Wildman–Crippen LogP) is 4.71. The molecule has 2 heterocycles. The number of fused-ring (bicyclic) bond motifs is 1. The highest BCUT2D eigenvalue weighted by Crippen LogP contribution is 2.36. The molecule has 2 saturated heterocycles. The SMILES string of the molecule is O=C1[C@H](c2ccccc2)N2C(=O)CN(Cc3ccccc3)N(C(=O)NCc3ccccc3)[C@H]2CN1Cc1cccc(F)c1. The van der Waals surface area contributed by atoms with E-state index >= 15 is 0 Å². The molecule has 0 saturated carbocycles. The molecule has 8 nitrogen and oxygen atoms in total. The van der Waals surface area contributed by atoms with Gasteiger partial charge in [0.25, 0.3) is 5.91 Å². The highest BCUT2D eigenvalue weighted by Gasteiger charge is 2.51. The highest BCUT2D eigenvalue weighted by molar-refractivity contribution is 5.92. The lowest BCUT2D eigenvalue weighted by molar-refractivity contribution is -0.193. The normalized spacial score (nSPS) is 18.9. The Morgan fingerprint density at radius 2 is 1.40 bits per heavy atom. The van der Waals surface area contributed by atoms with Crippen molar-refractivity contribution >= 4 is 17.8 Å². The number of rotatable bonds is 7. The Morgan fingerprint density at radius 3 is 2.07 bits per heavy atom. The number of hydrogen-bond acceptors (Lipinski definition) is 4. The minimum absolute atomic E-state index is 0.0640. The first-order valence-electron chi connectivity index (χ1n) is 14.3. The van der Waals surface area contributed by atoms with E-state index in [4.69, 9.17) is 0 Å². The molecule has 0 aliphatic carbocycles. The Labute approximate surface area is 249 Å². The largest absolute Gasteiger partial charge is 0.334 e. The van der Waals surface area contributed by atoms with E-state index in [2.05, 4.69) is 5.32 Å². The molecule has 0 aromatic heterocycles. The maximum Gasteiger partial charge on any atom is 0.334 e. The molecule has 4 amide bonds. The Balaban J connectivity index is 1.38. The Morgan fingerprint density at radius 1 is 0.767 bits per heavy atom. The van der Waals surface area contributed by atoms with E-state index in [1.165, 1.54) is 12.1 Å². The second-order valence-corrected chi connectivity index (χ2v) is 10.7. The first-order valence-corrected chi connectivity index (χ1v) is 14.3. The molecule has 2 fully saturated rings. The van der Waals surface area contributed by atoms with E-state index in [1.807, 2.05) is 91.0 Å². The molecule has 2 aliphatic rings. The second kappa shape index (κ2) is 12.5. The average molecular weight is 578 g/mol. The summed E-state index contributed by atoms with van der Waals surface area (Å²) in [5.74, 6) is -0.922. The number of piperazine rings is 1. The molecule has 6 rings (SSSR count). The molecule has 2 atom stereocenters. The summed E-state index contributed by atoms with van der Waals surface area (Å²) in [6, 6.07) is 33.2. The standard InChI is InChI=1S/C34H32FN5O3/c35-29-18-10-15-27(19-29)21-37-23-30-39(32(33(37)42)28-16-8-3-9-17-28)31(41)24-38(22-26-13-6-2-7-14-26)40(30)34(43)36-20-25-11-4-1-5-12-25/h1-19,30,32H,20-24H2,(H,36,43)/t30-,32-/m0/s1. The van der Waals surface area contributed by atoms with Crippen LogP contribution in [0.5, 0.6) is 0 Å². The van der Waals surface area contributed by atoms with E-state index in [-0.39, 0.29) is 37.5 Å². The molecular weight excluding hydrogens is 545 g/mol. The monoisotopic (exact) mass is 577 g/mol. The molecular formula is C34H32FN5O3. The maximum atomic E-state index is 14.1. The molecule has 218 valence electrons. The topological polar surface area (TPSA) is 76.2 Å². The van der Waals surface area contributed by atoms with Gasteiger partial charge in [0.15, 0.2) is 0 Å². The first kappa shape index (κ1) is 28.1. The van der Waals surface area contributed by atoms with Crippen LogP contribution in [0.3, 0.4) is 0 Å². The molecule has 9 heteroatoms. The smallest absolute Gasteiger partial charge is 0.333 e. The van der Waals surface area contributed by atoms with E-state index in [1.54, 1.807) is 32.0 Å². The van der Waals surface area contributed by atoms with E-state index in [9.17, 15) is 18.8 Å². The van der Waals surface area contributed by atoms with Crippen molar-refractivity contribution in [1.82, 2.24) is 25.1 Å². The van der Waals surface area contributed by atoms with Crippen LogP contribution in [0, 0.1) is 5.82 Å². The zero-order valence-electron chi connectivity index (χ0n) is 23.6. The van der Waals surface area contributed by atoms with Crippen LogP contribution in [0.1, 0.15) is 28.3 Å². The third-order valence-corrected chi connectivity index (χ3v) is 7.80. The molecule has 0 bridgehead atoms. The summed E-state index contributed by atoms with van der Waals surface area (Å²) >= 11 is 0. The lowest BCUT2D eigenvalue weighted by Crippen LogP contribution is -2.74. The van der Waals surface area contributed by atoms with Gasteiger partial charge in [-0.05, 0) is 34.4 Å². The van der Waals surface area contributed by atoms with Crippen LogP contribution in [-0.4, -0.2) is 56.9 Å². The fourth-order valence-electron chi connectivity index (χ4n) is 5.83. The summed E-state index contributed by atoms with van der Waals surface area (Å²) in [4.78, 5) is 45.2. The number of halogens is 1. The van der Waals surface area contributed by atoms with Crippen LogP contribution >= 0.6 is 0 Å². The molecule has 4 aromatic rings. The van der Waals surface area contributed by atoms with Crippen LogP contribution in [-0.2, 0) is 29.2 Å². The van der Waals surface area contributed by atoms with Crippen LogP contribution in [0.2, 0.25) is 0 Å². The number of carbonyl (C=O) groups excluding carboxylic acids is 3. The van der Waals surface area contributed by atoms with Crippen molar-refractivity contribution in [2.75, 3.05) is 13.1 Å². The van der Waals surface area contributed by atoms with Gasteiger partial charge in [0.2, 0.25) is 5.91 Å². The fraction of sp³-hybridized carbons (Fsp3) is 0.206. The lowest BCUT2D eigenvalue weighted by atomic mass is 9.98. The summed E-state index contributed by atoms with van der Waals surface area (Å²) in [7, 11) is 0. The number of hydrazine groups is 1. The summed E-state index contributed by atoms with van der Waals surface area (Å²) in [5.41, 5.74) is 3.14. The number of urea groups is 1. The summed E-state index contributed by atoms with van der Waals surface area (Å²) in [6.07, 6.45) is -0.794. The van der Waals surface area contributed by atoms with Gasteiger partial charge in [0, 0.05) is 19.6 Å². The van der Waals surface area contributed by atoms with E-state index in [0.717, 1.165) is 11.1 Å². The quantitative estimate of drug-likeness (QED) is 0.345. The predicted molar refractivity (Wildman–Crippen MR) is 159 cm³/mol. The zero-order valence-corrected chi connectivity index (χ0v) is 23.6. The van der Waals surface area contributed by atoms with Gasteiger partial charge < -0.3 is 15.1 Å². The van der Waals surface area contributed by atoms with Crippen molar-refractivity contribution in [3.05, 3.63) is 143 Å². The van der Waals surface area contributed by atoms with Gasteiger partial charge in [-0.1, -0.05) is 103 Å². The molecule has 1 N–H and O–H groups in total. The van der Waals surface area contributed by atoms with Crippen molar-refractivity contribution in [1.29, 1.82) is 0 Å². The van der Waals surface area contributed by atoms with Gasteiger partial charge in [-0.25, -0.2) is 19.2 Å². The van der Waals surface area contributed by atoms with Crippen LogP contribution < -0.4 is 5.32 Å². The fourth-order valence-corrected chi connectivity index (χ4v) is 5.83. The van der Waals surface area contributed by atoms with Crippen molar-refractivity contribution in [3.63, 3.8) is 0 Å². The number of carbonyl (C=O) groups is 3. The summed E-state index contributed by atoms with van der Waals surface area (Å²) in [6.45, 7) is 0.739. The van der Waals surface area contributed by atoms with Gasteiger partial charge in [-0.15, -0.1) is 0 Å². The lowest BCUT2D eigenvalue weighted by Gasteiger charge is -2.55. The van der Waals surface area contributed by atoms with Gasteiger partial charge in [-0.2, -0.15) is 0 Å². The van der Waals surface area contributed by atoms with Crippen LogP contribution in [0.25, 0.3) is 0 Å². The highest BCUT2D eigenvalue weighted by atomic mass is 19.1. The van der Waals surface area contributed by atoms with E-state index in [0.29, 0.717) is 24.2 Å². The van der Waals surface area contributed by atoms with Gasteiger partial charge in [0.1, 0.15) is 18.0 Å². The summed E-state index contributed by atoms with van der Waals surface area (Å²) < 4.78 is 14.1. The van der Waals surface area contributed by atoms with Gasteiger partial charge in [0.05, 0.1) is 13.1 Å². The van der Waals surface area contributed by atoms with Crippen molar-refractivity contribution in [2.45, 2.75) is 31.8 Å². The summed E-state index contributed by atoms with van der Waals surface area (Å²) in [5, 5.41) is 6.35. The minimum Gasteiger partial charge on any atom is -0.333 e. The number of benzene rings is 4. The third-order valence-electron chi connectivity index (χ3n) is 7.80. The maximum absolute atomic E-state index is 14.1. The third kappa shape index (κ3) is 6.12. The Bertz CT molecular complexity index is 1590. The number of amides is 4. The van der Waals surface area contributed by atoms with E-state index < -0.39 is 18.0 Å². The molecule has 43 heavy (non-hydrogen) atoms. The molecule has 0 spiro atoms. The van der Waals surface area contributed by atoms with Crippen molar-refractivity contribution in [2.24, 2.45) is 0 Å². The molecule has 0 unspecified atom stereocenters. The number of nitrogens with zero attached hydrogens (tertiary/aromatic N) is 4. The number of nitrogens with one attached hydrogen (secondary N) is 1. The Hall–Kier alpha value is -5.02. The molecule has 0 radical (unpaired) electrons. The first-order chi connectivity index (χ1) is 21.0. The zero-order chi connectivity index (χ0) is 29.8.